The molecule has 0 aliphatic carbocycles. The molecule has 1 amide bonds. The summed E-state index contributed by atoms with van der Waals surface area (Å²) in [7, 11) is -3.29. The number of nitrogens with zero attached hydrogens (tertiary/aromatic N) is 3. The number of nitrogens with one attached hydrogen (secondary N) is 1. The molecule has 2 aromatic rings. The lowest BCUT2D eigenvalue weighted by atomic mass is 10.2. The molecule has 0 bridgehead atoms. The molecule has 0 aromatic carbocycles. The minimum Gasteiger partial charge on any atom is -0.330 e. The summed E-state index contributed by atoms with van der Waals surface area (Å²) in [6.07, 6.45) is 2.79. The second-order valence-corrected chi connectivity index (χ2v) is 8.76. The smallest absolute Gasteiger partial charge is 0.264 e. The van der Waals surface area contributed by atoms with Crippen LogP contribution in [0.25, 0.3) is 0 Å². The number of amides is 1. The molecule has 1 atom stereocenters. The van der Waals surface area contributed by atoms with Gasteiger partial charge in [0, 0.05) is 24.2 Å². The molecular formula is C14H18N4O3S2. The Morgan fingerprint density at radius 1 is 1.43 bits per heavy atom. The first-order valence-corrected chi connectivity index (χ1v) is 9.87. The van der Waals surface area contributed by atoms with Crippen LogP contribution in [0.1, 0.15) is 26.3 Å². The van der Waals surface area contributed by atoms with Gasteiger partial charge in [0.1, 0.15) is 0 Å². The highest BCUT2D eigenvalue weighted by molar-refractivity contribution is 7.88. The van der Waals surface area contributed by atoms with Gasteiger partial charge in [-0.25, -0.2) is 13.1 Å². The first kappa shape index (κ1) is 16.2. The number of carbonyl (C=O) groups is 1. The lowest BCUT2D eigenvalue weighted by Crippen LogP contribution is -2.45. The van der Waals surface area contributed by atoms with Crippen LogP contribution in [0.4, 0.5) is 0 Å². The number of rotatable bonds is 4. The van der Waals surface area contributed by atoms with Crippen molar-refractivity contribution in [2.24, 2.45) is 0 Å². The number of carbonyl (C=O) groups excluding carboxylic acids is 1. The number of aromatic nitrogens is 2. The van der Waals surface area contributed by atoms with Crippen LogP contribution in [-0.4, -0.2) is 48.4 Å². The third-order valence-corrected chi connectivity index (χ3v) is 5.38. The fraction of sp³-hybridized carbons (Fsp3) is 0.429. The van der Waals surface area contributed by atoms with Crippen LogP contribution in [0, 0.1) is 6.92 Å². The summed E-state index contributed by atoms with van der Waals surface area (Å²) in [5.41, 5.74) is 0.901. The Morgan fingerprint density at radius 2 is 2.22 bits per heavy atom. The Labute approximate surface area is 139 Å². The van der Waals surface area contributed by atoms with Crippen LogP contribution in [-0.2, 0) is 16.6 Å². The summed E-state index contributed by atoms with van der Waals surface area (Å²) < 4.78 is 27.0. The lowest BCUT2D eigenvalue weighted by Gasteiger charge is -2.33. The quantitative estimate of drug-likeness (QED) is 0.888. The molecule has 3 heterocycles. The topological polar surface area (TPSA) is 84.3 Å². The van der Waals surface area contributed by atoms with Gasteiger partial charge in [-0.3, -0.25) is 9.48 Å². The van der Waals surface area contributed by atoms with Crippen LogP contribution in [0.15, 0.2) is 24.4 Å². The Morgan fingerprint density at radius 3 is 2.87 bits per heavy atom. The molecule has 0 spiro atoms. The van der Waals surface area contributed by atoms with Crippen molar-refractivity contribution in [1.82, 2.24) is 19.4 Å². The van der Waals surface area contributed by atoms with E-state index in [0.29, 0.717) is 18.0 Å². The van der Waals surface area contributed by atoms with Gasteiger partial charge in [-0.15, -0.1) is 11.3 Å². The molecule has 1 N–H and O–H groups in total. The third kappa shape index (κ3) is 3.62. The Balaban J connectivity index is 1.81. The van der Waals surface area contributed by atoms with Crippen LogP contribution in [0.3, 0.4) is 0 Å². The second-order valence-electron chi connectivity index (χ2n) is 5.64. The maximum atomic E-state index is 12.7. The van der Waals surface area contributed by atoms with Gasteiger partial charge in [-0.2, -0.15) is 5.10 Å². The van der Waals surface area contributed by atoms with Crippen LogP contribution < -0.4 is 4.72 Å². The van der Waals surface area contributed by atoms with Gasteiger partial charge in [0.2, 0.25) is 10.0 Å². The molecule has 1 aliphatic heterocycles. The van der Waals surface area contributed by atoms with E-state index in [4.69, 9.17) is 0 Å². The molecule has 1 aliphatic rings. The SMILES string of the molecule is Cc1ccc(C(=O)N2Cc3ccnn3[C@H](CNS(C)(=O)=O)C2)s1. The first-order valence-electron chi connectivity index (χ1n) is 7.16. The van der Waals surface area contributed by atoms with Crippen molar-refractivity contribution < 1.29 is 13.2 Å². The molecule has 0 radical (unpaired) electrons. The van der Waals surface area contributed by atoms with Gasteiger partial charge in [0.05, 0.1) is 29.4 Å². The minimum absolute atomic E-state index is 0.0279. The van der Waals surface area contributed by atoms with Crippen molar-refractivity contribution >= 4 is 27.3 Å². The second kappa shape index (κ2) is 6.06. The van der Waals surface area contributed by atoms with Gasteiger partial charge in [0.25, 0.3) is 5.91 Å². The summed E-state index contributed by atoms with van der Waals surface area (Å²) in [4.78, 5) is 16.2. The van der Waals surface area contributed by atoms with Crippen LogP contribution >= 0.6 is 11.3 Å². The van der Waals surface area contributed by atoms with Crippen molar-refractivity contribution in [2.75, 3.05) is 19.3 Å². The zero-order chi connectivity index (χ0) is 16.6. The van der Waals surface area contributed by atoms with E-state index in [1.807, 2.05) is 25.1 Å². The van der Waals surface area contributed by atoms with Crippen LogP contribution in [0.2, 0.25) is 0 Å². The van der Waals surface area contributed by atoms with Crippen molar-refractivity contribution in [3.8, 4) is 0 Å². The molecule has 3 rings (SSSR count). The number of fused-ring (bicyclic) bond motifs is 1. The fourth-order valence-electron chi connectivity index (χ4n) is 2.65. The minimum atomic E-state index is -3.29. The first-order chi connectivity index (χ1) is 10.8. The average molecular weight is 354 g/mol. The highest BCUT2D eigenvalue weighted by atomic mass is 32.2. The van der Waals surface area contributed by atoms with Gasteiger partial charge in [-0.1, -0.05) is 0 Å². The van der Waals surface area contributed by atoms with Crippen molar-refractivity contribution in [3.05, 3.63) is 39.8 Å². The average Bonchev–Trinajstić information content (AvgIpc) is 3.11. The molecule has 7 nitrogen and oxygen atoms in total. The monoisotopic (exact) mass is 354 g/mol. The molecular weight excluding hydrogens is 336 g/mol. The van der Waals surface area contributed by atoms with E-state index in [1.165, 1.54) is 11.3 Å². The van der Waals surface area contributed by atoms with Gasteiger partial charge < -0.3 is 4.90 Å². The molecule has 0 unspecified atom stereocenters. The Bertz CT molecular complexity index is 825. The third-order valence-electron chi connectivity index (χ3n) is 3.70. The van der Waals surface area contributed by atoms with E-state index in [2.05, 4.69) is 9.82 Å². The molecule has 0 saturated carbocycles. The maximum absolute atomic E-state index is 12.7. The van der Waals surface area contributed by atoms with Gasteiger partial charge >= 0.3 is 0 Å². The van der Waals surface area contributed by atoms with E-state index in [9.17, 15) is 13.2 Å². The van der Waals surface area contributed by atoms with E-state index >= 15 is 0 Å². The summed E-state index contributed by atoms with van der Waals surface area (Å²) in [6.45, 7) is 3.07. The fourth-order valence-corrected chi connectivity index (χ4v) is 3.98. The van der Waals surface area contributed by atoms with Crippen LogP contribution in [0.5, 0.6) is 0 Å². The predicted octanol–water partition coefficient (Wildman–Crippen LogP) is 0.999. The summed E-state index contributed by atoms with van der Waals surface area (Å²) in [5.74, 6) is -0.0279. The summed E-state index contributed by atoms with van der Waals surface area (Å²) in [6, 6.07) is 5.40. The largest absolute Gasteiger partial charge is 0.330 e. The molecule has 2 aromatic heterocycles. The van der Waals surface area contributed by atoms with E-state index in [1.54, 1.807) is 15.8 Å². The van der Waals surface area contributed by atoms with E-state index < -0.39 is 10.0 Å². The van der Waals surface area contributed by atoms with Crippen molar-refractivity contribution in [1.29, 1.82) is 0 Å². The summed E-state index contributed by atoms with van der Waals surface area (Å²) >= 11 is 1.47. The van der Waals surface area contributed by atoms with Crippen molar-refractivity contribution in [3.63, 3.8) is 0 Å². The normalized spacial score (nSPS) is 18.0. The highest BCUT2D eigenvalue weighted by Crippen LogP contribution is 2.24. The zero-order valence-corrected chi connectivity index (χ0v) is 14.5. The molecule has 9 heteroatoms. The number of sulfonamides is 1. The molecule has 0 fully saturated rings. The zero-order valence-electron chi connectivity index (χ0n) is 12.9. The molecule has 124 valence electrons. The highest BCUT2D eigenvalue weighted by Gasteiger charge is 2.29. The molecule has 0 saturated heterocycles. The van der Waals surface area contributed by atoms with Gasteiger partial charge in [0.15, 0.2) is 0 Å². The van der Waals surface area contributed by atoms with Gasteiger partial charge in [-0.05, 0) is 25.1 Å². The molecule has 23 heavy (non-hydrogen) atoms. The number of thiophene rings is 1. The number of aryl methyl sites for hydroxylation is 1. The standard InChI is InChI=1S/C14H18N4O3S2/c1-10-3-4-13(22-10)14(19)17-8-11-5-6-15-18(11)12(9-17)7-16-23(2,20)21/h3-6,12,16H,7-9H2,1-2H3/t12-/m1/s1. The maximum Gasteiger partial charge on any atom is 0.264 e. The Hall–Kier alpha value is -1.71. The van der Waals surface area contributed by atoms with E-state index in [-0.39, 0.29) is 18.5 Å². The summed E-state index contributed by atoms with van der Waals surface area (Å²) in [5, 5.41) is 4.26. The number of hydrogen-bond acceptors (Lipinski definition) is 5. The van der Waals surface area contributed by atoms with E-state index in [0.717, 1.165) is 16.8 Å². The van der Waals surface area contributed by atoms with Crippen molar-refractivity contribution in [2.45, 2.75) is 19.5 Å². The lowest BCUT2D eigenvalue weighted by molar-refractivity contribution is 0.0676. The predicted molar refractivity (Wildman–Crippen MR) is 87.9 cm³/mol. The Kier molecular flexibility index (Phi) is 4.26. The number of hydrogen-bond donors (Lipinski definition) is 1.